The standard InChI is InChI=1S/C32H43N3O6/c1-8-35(13-15(2)3)14-18-11-22(36)24-19(29(18)41-16(4)5)9-17-10-20-26(34(6)7)28(38)25(31(33)40)21-12-32(20,21)30(39)23(17)27(24)37/h11-12,15-17,20,23,25-26,36H,8-10,13-14H2,1-7H3,(H2,33,40). The summed E-state index contributed by atoms with van der Waals surface area (Å²) in [6.07, 6.45) is 2.39. The van der Waals surface area contributed by atoms with E-state index in [0.29, 0.717) is 42.2 Å². The molecule has 6 atom stereocenters. The van der Waals surface area contributed by atoms with Crippen molar-refractivity contribution in [3.8, 4) is 11.5 Å². The number of allylic oxidation sites excluding steroid dienone is 1. The number of rotatable bonds is 9. The molecular formula is C32H43N3O6. The Balaban J connectivity index is 1.59. The second-order valence-electron chi connectivity index (χ2n) is 13.3. The Kier molecular flexibility index (Phi) is 7.43. The maximum absolute atomic E-state index is 14.3. The van der Waals surface area contributed by atoms with E-state index in [4.69, 9.17) is 10.5 Å². The van der Waals surface area contributed by atoms with Crippen LogP contribution in [0, 0.1) is 35.0 Å². The largest absolute Gasteiger partial charge is 0.507 e. The zero-order valence-electron chi connectivity index (χ0n) is 25.2. The molecule has 2 fully saturated rings. The maximum Gasteiger partial charge on any atom is 0.232 e. The Morgan fingerprint density at radius 2 is 1.88 bits per heavy atom. The summed E-state index contributed by atoms with van der Waals surface area (Å²) in [5.74, 6) is -3.66. The van der Waals surface area contributed by atoms with Crippen molar-refractivity contribution >= 4 is 23.3 Å². The molecule has 0 saturated heterocycles. The Hall–Kier alpha value is -3.04. The van der Waals surface area contributed by atoms with Crippen molar-refractivity contribution in [2.45, 2.75) is 66.2 Å². The predicted molar refractivity (Wildman–Crippen MR) is 153 cm³/mol. The van der Waals surface area contributed by atoms with E-state index >= 15 is 0 Å². The number of phenolic OH excluding ortho intramolecular Hbond substituents is 1. The number of ketones is 3. The number of likely N-dealkylation sites (N-methyl/N-ethyl adjacent to an activating group) is 1. The average Bonchev–Trinajstić information content (AvgIpc) is 3.59. The highest BCUT2D eigenvalue weighted by atomic mass is 16.5. The molecule has 0 heterocycles. The summed E-state index contributed by atoms with van der Waals surface area (Å²) >= 11 is 0. The number of nitrogens with zero attached hydrogens (tertiary/aromatic N) is 2. The van der Waals surface area contributed by atoms with Gasteiger partial charge in [0.2, 0.25) is 5.91 Å². The van der Waals surface area contributed by atoms with Crippen molar-refractivity contribution in [2.24, 2.45) is 40.7 Å². The number of fused-ring (bicyclic) bond motifs is 2. The average molecular weight is 566 g/mol. The highest BCUT2D eigenvalue weighted by Gasteiger charge is 2.72. The summed E-state index contributed by atoms with van der Waals surface area (Å²) in [4.78, 5) is 58.3. The number of hydrogen-bond acceptors (Lipinski definition) is 8. The van der Waals surface area contributed by atoms with Crippen LogP contribution in [-0.4, -0.2) is 77.5 Å². The molecular weight excluding hydrogens is 522 g/mol. The summed E-state index contributed by atoms with van der Waals surface area (Å²) in [5.41, 5.74) is 6.60. The van der Waals surface area contributed by atoms with Crippen LogP contribution in [0.3, 0.4) is 0 Å². The first kappa shape index (κ1) is 29.5. The van der Waals surface area contributed by atoms with Gasteiger partial charge >= 0.3 is 0 Å². The lowest BCUT2D eigenvalue weighted by molar-refractivity contribution is -0.145. The third-order valence-corrected chi connectivity index (χ3v) is 9.44. The first-order valence-electron chi connectivity index (χ1n) is 14.8. The van der Waals surface area contributed by atoms with Gasteiger partial charge in [-0.2, -0.15) is 0 Å². The van der Waals surface area contributed by atoms with Gasteiger partial charge in [-0.1, -0.05) is 26.8 Å². The van der Waals surface area contributed by atoms with E-state index in [1.807, 2.05) is 13.8 Å². The molecule has 5 rings (SSSR count). The third-order valence-electron chi connectivity index (χ3n) is 9.44. The molecule has 9 nitrogen and oxygen atoms in total. The number of phenols is 1. The SMILES string of the molecule is CCN(Cc1cc(O)c2c(c1OC(C)C)CC1CC3C(N(C)C)C(=O)C(C(N)=O)C4=CC43C(=O)C1C2=O)CC(C)C. The van der Waals surface area contributed by atoms with E-state index in [0.717, 1.165) is 18.7 Å². The van der Waals surface area contributed by atoms with Gasteiger partial charge in [-0.15, -0.1) is 0 Å². The second kappa shape index (κ2) is 10.3. The molecule has 0 aromatic heterocycles. The van der Waals surface area contributed by atoms with Crippen molar-refractivity contribution < 1.29 is 29.0 Å². The quantitative estimate of drug-likeness (QED) is 0.345. The molecule has 0 radical (unpaired) electrons. The lowest BCUT2D eigenvalue weighted by Crippen LogP contribution is -2.61. The highest BCUT2D eigenvalue weighted by Crippen LogP contribution is 2.66. The van der Waals surface area contributed by atoms with Crippen LogP contribution in [0.25, 0.3) is 0 Å². The van der Waals surface area contributed by atoms with Gasteiger partial charge in [0.25, 0.3) is 0 Å². The topological polar surface area (TPSA) is 130 Å². The van der Waals surface area contributed by atoms with E-state index in [9.17, 15) is 24.3 Å². The first-order valence-corrected chi connectivity index (χ1v) is 14.8. The number of ether oxygens (including phenoxy) is 1. The number of nitrogens with two attached hydrogens (primary N) is 1. The monoisotopic (exact) mass is 565 g/mol. The van der Waals surface area contributed by atoms with Gasteiger partial charge in [-0.3, -0.25) is 29.0 Å². The van der Waals surface area contributed by atoms with E-state index in [1.54, 1.807) is 31.1 Å². The van der Waals surface area contributed by atoms with Crippen LogP contribution in [0.2, 0.25) is 0 Å². The molecule has 9 heteroatoms. The maximum atomic E-state index is 14.3. The normalized spacial score (nSPS) is 30.3. The molecule has 1 spiro atoms. The van der Waals surface area contributed by atoms with Gasteiger partial charge in [-0.05, 0) is 70.8 Å². The minimum absolute atomic E-state index is 0.133. The van der Waals surface area contributed by atoms with Crippen LogP contribution >= 0.6 is 0 Å². The lowest BCUT2D eigenvalue weighted by Gasteiger charge is -2.50. The predicted octanol–water partition coefficient (Wildman–Crippen LogP) is 2.76. The Bertz CT molecular complexity index is 1350. The molecule has 1 amide bonds. The molecule has 0 aliphatic heterocycles. The van der Waals surface area contributed by atoms with Crippen LogP contribution < -0.4 is 10.5 Å². The fourth-order valence-electron chi connectivity index (χ4n) is 7.93. The Morgan fingerprint density at radius 1 is 1.20 bits per heavy atom. The number of carbonyl (C=O) groups is 4. The molecule has 4 aliphatic rings. The molecule has 41 heavy (non-hydrogen) atoms. The van der Waals surface area contributed by atoms with E-state index in [2.05, 4.69) is 25.7 Å². The number of hydrogen-bond donors (Lipinski definition) is 2. The van der Waals surface area contributed by atoms with Gasteiger partial charge in [0.1, 0.15) is 17.4 Å². The molecule has 1 aromatic carbocycles. The van der Waals surface area contributed by atoms with Gasteiger partial charge < -0.3 is 15.6 Å². The van der Waals surface area contributed by atoms with Crippen LogP contribution in [0.1, 0.15) is 62.5 Å². The zero-order valence-corrected chi connectivity index (χ0v) is 25.2. The second-order valence-corrected chi connectivity index (χ2v) is 13.3. The number of aromatic hydroxyl groups is 1. The molecule has 222 valence electrons. The molecule has 1 aromatic rings. The van der Waals surface area contributed by atoms with Crippen molar-refractivity contribution in [1.29, 1.82) is 0 Å². The number of Topliss-reactive ketones (excluding diaryl/α,β-unsaturated/α-hetero) is 3. The van der Waals surface area contributed by atoms with Crippen LogP contribution in [0.15, 0.2) is 17.7 Å². The van der Waals surface area contributed by atoms with Crippen molar-refractivity contribution in [3.63, 3.8) is 0 Å². The van der Waals surface area contributed by atoms with Gasteiger partial charge in [0.15, 0.2) is 17.3 Å². The lowest BCUT2D eigenvalue weighted by atomic mass is 9.53. The molecule has 2 saturated carbocycles. The molecule has 3 N–H and O–H groups in total. The summed E-state index contributed by atoms with van der Waals surface area (Å²) in [7, 11) is 3.55. The number of amides is 1. The third kappa shape index (κ3) is 4.52. The minimum Gasteiger partial charge on any atom is -0.507 e. The summed E-state index contributed by atoms with van der Waals surface area (Å²) in [6.45, 7) is 12.5. The van der Waals surface area contributed by atoms with Crippen LogP contribution in [0.4, 0.5) is 0 Å². The highest BCUT2D eigenvalue weighted by molar-refractivity contribution is 6.21. The molecule has 6 unspecified atom stereocenters. The summed E-state index contributed by atoms with van der Waals surface area (Å²) < 4.78 is 6.36. The summed E-state index contributed by atoms with van der Waals surface area (Å²) in [6, 6.07) is 0.953. The minimum atomic E-state index is -1.15. The van der Waals surface area contributed by atoms with Crippen molar-refractivity contribution in [3.05, 3.63) is 34.4 Å². The molecule has 4 aliphatic carbocycles. The van der Waals surface area contributed by atoms with Crippen LogP contribution in [0.5, 0.6) is 11.5 Å². The van der Waals surface area contributed by atoms with Gasteiger partial charge in [0.05, 0.1) is 29.0 Å². The van der Waals surface area contributed by atoms with Crippen LogP contribution in [-0.2, 0) is 27.3 Å². The zero-order chi connectivity index (χ0) is 30.1. The number of carbonyl (C=O) groups excluding carboxylic acids is 4. The van der Waals surface area contributed by atoms with Crippen molar-refractivity contribution in [1.82, 2.24) is 9.80 Å². The van der Waals surface area contributed by atoms with E-state index < -0.39 is 35.0 Å². The van der Waals surface area contributed by atoms with Gasteiger partial charge in [0, 0.05) is 30.1 Å². The fraction of sp³-hybridized carbons (Fsp3) is 0.625. The smallest absolute Gasteiger partial charge is 0.232 e. The molecule has 0 bridgehead atoms. The van der Waals surface area contributed by atoms with E-state index in [-0.39, 0.29) is 40.8 Å². The van der Waals surface area contributed by atoms with Gasteiger partial charge in [-0.25, -0.2) is 0 Å². The number of benzene rings is 1. The Morgan fingerprint density at radius 3 is 2.44 bits per heavy atom. The van der Waals surface area contributed by atoms with E-state index in [1.165, 1.54) is 0 Å². The first-order chi connectivity index (χ1) is 19.2. The summed E-state index contributed by atoms with van der Waals surface area (Å²) in [5, 5.41) is 11.2. The number of primary amides is 1. The van der Waals surface area contributed by atoms with Crippen molar-refractivity contribution in [2.75, 3.05) is 27.2 Å². The Labute approximate surface area is 242 Å². The fourth-order valence-corrected chi connectivity index (χ4v) is 7.93.